The molecule has 0 aliphatic heterocycles. The van der Waals surface area contributed by atoms with Crippen molar-refractivity contribution in [3.05, 3.63) is 57.0 Å². The Labute approximate surface area is 148 Å². The van der Waals surface area contributed by atoms with Crippen LogP contribution in [0.3, 0.4) is 0 Å². The summed E-state index contributed by atoms with van der Waals surface area (Å²) in [6.45, 7) is 0.406. The number of hydrogen-bond donors (Lipinski definition) is 2. The molecule has 2 N–H and O–H groups in total. The quantitative estimate of drug-likeness (QED) is 0.674. The highest BCUT2D eigenvalue weighted by atomic mass is 35.5. The number of halogens is 3. The monoisotopic (exact) mass is 374 g/mol. The molecule has 3 nitrogen and oxygen atoms in total. The summed E-state index contributed by atoms with van der Waals surface area (Å²) in [5.41, 5.74) is 1.34. The van der Waals surface area contributed by atoms with Gasteiger partial charge in [0.05, 0.1) is 15.7 Å². The standard InChI is InChI=1S/C15H13Cl3N2OS/c1-22-11-4-2-9(3-5-11)8-19-15(21)20-14-12(17)6-10(16)7-13(14)18/h2-7H,8H2,1H3,(H2,19,20,21). The molecule has 0 saturated heterocycles. The van der Waals surface area contributed by atoms with Gasteiger partial charge in [-0.3, -0.25) is 0 Å². The molecule has 0 aromatic heterocycles. The lowest BCUT2D eigenvalue weighted by molar-refractivity contribution is 0.251. The molecule has 2 rings (SSSR count). The Balaban J connectivity index is 1.95. The van der Waals surface area contributed by atoms with E-state index in [4.69, 9.17) is 34.8 Å². The second kappa shape index (κ2) is 7.97. The van der Waals surface area contributed by atoms with E-state index < -0.39 is 0 Å². The van der Waals surface area contributed by atoms with Crippen molar-refractivity contribution in [2.75, 3.05) is 11.6 Å². The molecule has 0 bridgehead atoms. The summed E-state index contributed by atoms with van der Waals surface area (Å²) >= 11 is 19.5. The average molecular weight is 376 g/mol. The maximum absolute atomic E-state index is 11.9. The van der Waals surface area contributed by atoms with Crippen LogP contribution in [0.5, 0.6) is 0 Å². The number of amides is 2. The van der Waals surface area contributed by atoms with Gasteiger partial charge in [-0.15, -0.1) is 11.8 Å². The van der Waals surface area contributed by atoms with E-state index in [0.717, 1.165) is 5.56 Å². The van der Waals surface area contributed by atoms with E-state index in [1.807, 2.05) is 30.5 Å². The van der Waals surface area contributed by atoms with E-state index in [1.54, 1.807) is 11.8 Å². The predicted octanol–water partition coefficient (Wildman–Crippen LogP) is 5.69. The number of nitrogens with one attached hydrogen (secondary N) is 2. The van der Waals surface area contributed by atoms with Gasteiger partial charge in [-0.1, -0.05) is 46.9 Å². The Morgan fingerprint density at radius 3 is 2.23 bits per heavy atom. The number of carbonyl (C=O) groups is 1. The second-order valence-corrected chi connectivity index (χ2v) is 6.53. The summed E-state index contributed by atoms with van der Waals surface area (Å²) in [6.07, 6.45) is 2.01. The lowest BCUT2D eigenvalue weighted by atomic mass is 10.2. The number of urea groups is 1. The molecule has 2 aromatic carbocycles. The Bertz CT molecular complexity index is 654. The van der Waals surface area contributed by atoms with E-state index in [0.29, 0.717) is 17.3 Å². The molecular formula is C15H13Cl3N2OS. The van der Waals surface area contributed by atoms with Crippen molar-refractivity contribution in [3.63, 3.8) is 0 Å². The van der Waals surface area contributed by atoms with Crippen LogP contribution in [0.25, 0.3) is 0 Å². The van der Waals surface area contributed by atoms with Gasteiger partial charge in [-0.2, -0.15) is 0 Å². The zero-order chi connectivity index (χ0) is 16.1. The summed E-state index contributed by atoms with van der Waals surface area (Å²) in [5.74, 6) is 0. The largest absolute Gasteiger partial charge is 0.334 e. The van der Waals surface area contributed by atoms with Crippen molar-refractivity contribution >= 4 is 58.3 Å². The summed E-state index contributed by atoms with van der Waals surface area (Å²) in [5, 5.41) is 6.36. The highest BCUT2D eigenvalue weighted by molar-refractivity contribution is 7.98. The molecule has 0 heterocycles. The molecule has 2 aromatic rings. The molecule has 0 saturated carbocycles. The van der Waals surface area contributed by atoms with Crippen molar-refractivity contribution in [3.8, 4) is 0 Å². The fraction of sp³-hybridized carbons (Fsp3) is 0.133. The zero-order valence-corrected chi connectivity index (χ0v) is 14.7. The molecule has 2 amide bonds. The third-order valence-electron chi connectivity index (χ3n) is 2.86. The van der Waals surface area contributed by atoms with Crippen molar-refractivity contribution < 1.29 is 4.79 Å². The number of anilines is 1. The number of carbonyl (C=O) groups excluding carboxylic acids is 1. The van der Waals surface area contributed by atoms with E-state index in [2.05, 4.69) is 10.6 Å². The van der Waals surface area contributed by atoms with Crippen molar-refractivity contribution in [2.24, 2.45) is 0 Å². The van der Waals surface area contributed by atoms with Crippen LogP contribution in [0.15, 0.2) is 41.3 Å². The van der Waals surface area contributed by atoms with Gasteiger partial charge in [0.15, 0.2) is 0 Å². The SMILES string of the molecule is CSc1ccc(CNC(=O)Nc2c(Cl)cc(Cl)cc2Cl)cc1. The summed E-state index contributed by atoms with van der Waals surface area (Å²) in [7, 11) is 0. The predicted molar refractivity (Wildman–Crippen MR) is 95.6 cm³/mol. The Kier molecular flexibility index (Phi) is 6.26. The molecule has 22 heavy (non-hydrogen) atoms. The highest BCUT2D eigenvalue weighted by Crippen LogP contribution is 2.33. The molecule has 0 aliphatic carbocycles. The second-order valence-electron chi connectivity index (χ2n) is 4.40. The maximum Gasteiger partial charge on any atom is 0.319 e. The third kappa shape index (κ3) is 4.71. The lowest BCUT2D eigenvalue weighted by Gasteiger charge is -2.11. The van der Waals surface area contributed by atoms with Gasteiger partial charge in [0, 0.05) is 16.5 Å². The zero-order valence-electron chi connectivity index (χ0n) is 11.6. The molecule has 0 aliphatic rings. The van der Waals surface area contributed by atoms with Gasteiger partial charge in [0.25, 0.3) is 0 Å². The van der Waals surface area contributed by atoms with Crippen molar-refractivity contribution in [1.82, 2.24) is 5.32 Å². The molecule has 7 heteroatoms. The Hall–Kier alpha value is -1.07. The highest BCUT2D eigenvalue weighted by Gasteiger charge is 2.11. The first kappa shape index (κ1) is 17.3. The number of thioether (sulfide) groups is 1. The fourth-order valence-electron chi connectivity index (χ4n) is 1.75. The maximum atomic E-state index is 11.9. The Morgan fingerprint density at radius 2 is 1.68 bits per heavy atom. The van der Waals surface area contributed by atoms with Gasteiger partial charge in [0.2, 0.25) is 0 Å². The van der Waals surface area contributed by atoms with Crippen LogP contribution in [0.2, 0.25) is 15.1 Å². The third-order valence-corrected chi connectivity index (χ3v) is 4.42. The first-order chi connectivity index (χ1) is 10.5. The van der Waals surface area contributed by atoms with Crippen LogP contribution in [-0.4, -0.2) is 12.3 Å². The number of rotatable bonds is 4. The number of hydrogen-bond acceptors (Lipinski definition) is 2. The Morgan fingerprint density at radius 1 is 1.09 bits per heavy atom. The summed E-state index contributed by atoms with van der Waals surface area (Å²) in [6, 6.07) is 10.6. The van der Waals surface area contributed by atoms with Gasteiger partial charge < -0.3 is 10.6 Å². The molecule has 0 atom stereocenters. The average Bonchev–Trinajstić information content (AvgIpc) is 2.49. The minimum absolute atomic E-state index is 0.289. The van der Waals surface area contributed by atoms with Gasteiger partial charge in [0.1, 0.15) is 0 Å². The fourth-order valence-corrected chi connectivity index (χ4v) is 3.06. The van der Waals surface area contributed by atoms with Crippen LogP contribution >= 0.6 is 46.6 Å². The lowest BCUT2D eigenvalue weighted by Crippen LogP contribution is -2.28. The minimum Gasteiger partial charge on any atom is -0.334 e. The van der Waals surface area contributed by atoms with E-state index in [-0.39, 0.29) is 16.1 Å². The topological polar surface area (TPSA) is 41.1 Å². The molecule has 0 fully saturated rings. The van der Waals surface area contributed by atoms with Gasteiger partial charge in [-0.05, 0) is 36.1 Å². The first-order valence-corrected chi connectivity index (χ1v) is 8.68. The van der Waals surface area contributed by atoms with Crippen molar-refractivity contribution in [2.45, 2.75) is 11.4 Å². The molecular weight excluding hydrogens is 363 g/mol. The summed E-state index contributed by atoms with van der Waals surface area (Å²) < 4.78 is 0. The van der Waals surface area contributed by atoms with Crippen LogP contribution in [-0.2, 0) is 6.54 Å². The minimum atomic E-state index is -0.389. The van der Waals surface area contributed by atoms with Crippen LogP contribution in [0, 0.1) is 0 Å². The van der Waals surface area contributed by atoms with E-state index in [1.165, 1.54) is 17.0 Å². The van der Waals surface area contributed by atoms with E-state index in [9.17, 15) is 4.79 Å². The van der Waals surface area contributed by atoms with Crippen LogP contribution in [0.1, 0.15) is 5.56 Å². The van der Waals surface area contributed by atoms with Gasteiger partial charge >= 0.3 is 6.03 Å². The van der Waals surface area contributed by atoms with Gasteiger partial charge in [-0.25, -0.2) is 4.79 Å². The van der Waals surface area contributed by atoms with Crippen LogP contribution in [0.4, 0.5) is 10.5 Å². The van der Waals surface area contributed by atoms with E-state index >= 15 is 0 Å². The molecule has 0 spiro atoms. The summed E-state index contributed by atoms with van der Waals surface area (Å²) in [4.78, 5) is 13.1. The van der Waals surface area contributed by atoms with Crippen molar-refractivity contribution in [1.29, 1.82) is 0 Å². The normalized spacial score (nSPS) is 10.4. The van der Waals surface area contributed by atoms with Crippen LogP contribution < -0.4 is 10.6 Å². The smallest absolute Gasteiger partial charge is 0.319 e. The molecule has 116 valence electrons. The number of benzene rings is 2. The molecule has 0 radical (unpaired) electrons. The molecule has 0 unspecified atom stereocenters. The first-order valence-electron chi connectivity index (χ1n) is 6.32.